The Kier molecular flexibility index (Phi) is 4.48. The van der Waals surface area contributed by atoms with E-state index < -0.39 is 0 Å². The Morgan fingerprint density at radius 1 is 1.24 bits per heavy atom. The van der Waals surface area contributed by atoms with E-state index in [-0.39, 0.29) is 5.60 Å². The van der Waals surface area contributed by atoms with E-state index in [4.69, 9.17) is 10.5 Å². The predicted octanol–water partition coefficient (Wildman–Crippen LogP) is 3.49. The third kappa shape index (κ3) is 3.45. The molecule has 0 aromatic rings. The second kappa shape index (κ2) is 5.71. The third-order valence-corrected chi connectivity index (χ3v) is 4.64. The van der Waals surface area contributed by atoms with Crippen molar-refractivity contribution in [3.63, 3.8) is 0 Å². The Bertz CT molecular complexity index is 228. The van der Waals surface area contributed by atoms with Crippen LogP contribution in [0.3, 0.4) is 0 Å². The SMILES string of the molecule is CC(C)CC(N)C1CCOC2(CCCCC2)C1. The van der Waals surface area contributed by atoms with Crippen LogP contribution in [0.15, 0.2) is 0 Å². The summed E-state index contributed by atoms with van der Waals surface area (Å²) < 4.78 is 6.14. The van der Waals surface area contributed by atoms with Gasteiger partial charge in [-0.2, -0.15) is 0 Å². The van der Waals surface area contributed by atoms with Crippen molar-refractivity contribution >= 4 is 0 Å². The minimum Gasteiger partial charge on any atom is -0.375 e. The lowest BCUT2D eigenvalue weighted by Gasteiger charge is -2.45. The van der Waals surface area contributed by atoms with Gasteiger partial charge in [-0.3, -0.25) is 0 Å². The molecular weight excluding hydrogens is 210 g/mol. The highest BCUT2D eigenvalue weighted by molar-refractivity contribution is 4.92. The Hall–Kier alpha value is -0.0800. The summed E-state index contributed by atoms with van der Waals surface area (Å²) in [6.45, 7) is 5.49. The zero-order valence-corrected chi connectivity index (χ0v) is 11.6. The molecule has 0 bridgehead atoms. The van der Waals surface area contributed by atoms with Crippen molar-refractivity contribution in [3.8, 4) is 0 Å². The molecule has 100 valence electrons. The van der Waals surface area contributed by atoms with Crippen LogP contribution in [0.2, 0.25) is 0 Å². The molecule has 1 saturated carbocycles. The molecule has 17 heavy (non-hydrogen) atoms. The van der Waals surface area contributed by atoms with Crippen LogP contribution in [-0.4, -0.2) is 18.2 Å². The molecule has 1 aliphatic heterocycles. The second-order valence-corrected chi connectivity index (χ2v) is 6.64. The van der Waals surface area contributed by atoms with Gasteiger partial charge in [-0.05, 0) is 43.9 Å². The van der Waals surface area contributed by atoms with Gasteiger partial charge in [0.2, 0.25) is 0 Å². The van der Waals surface area contributed by atoms with Crippen LogP contribution in [0, 0.1) is 11.8 Å². The van der Waals surface area contributed by atoms with Crippen molar-refractivity contribution < 1.29 is 4.74 Å². The largest absolute Gasteiger partial charge is 0.375 e. The van der Waals surface area contributed by atoms with Crippen LogP contribution >= 0.6 is 0 Å². The fourth-order valence-corrected chi connectivity index (χ4v) is 3.71. The molecule has 2 N–H and O–H groups in total. The van der Waals surface area contributed by atoms with Gasteiger partial charge < -0.3 is 10.5 Å². The van der Waals surface area contributed by atoms with Crippen molar-refractivity contribution in [2.24, 2.45) is 17.6 Å². The van der Waals surface area contributed by atoms with Crippen molar-refractivity contribution in [2.45, 2.75) is 76.9 Å². The van der Waals surface area contributed by atoms with E-state index in [1.54, 1.807) is 0 Å². The molecule has 0 amide bonds. The Morgan fingerprint density at radius 2 is 1.94 bits per heavy atom. The molecule has 1 heterocycles. The topological polar surface area (TPSA) is 35.2 Å². The lowest BCUT2D eigenvalue weighted by Crippen LogP contribution is -2.46. The normalized spacial score (nSPS) is 30.7. The van der Waals surface area contributed by atoms with E-state index in [2.05, 4.69) is 13.8 Å². The van der Waals surface area contributed by atoms with Crippen LogP contribution in [0.25, 0.3) is 0 Å². The number of hydrogen-bond donors (Lipinski definition) is 1. The average Bonchev–Trinajstić information content (AvgIpc) is 2.29. The first kappa shape index (κ1) is 13.4. The molecule has 1 spiro atoms. The van der Waals surface area contributed by atoms with Gasteiger partial charge in [-0.1, -0.05) is 33.1 Å². The molecule has 2 unspecified atom stereocenters. The number of rotatable bonds is 3. The third-order valence-electron chi connectivity index (χ3n) is 4.64. The number of nitrogens with two attached hydrogens (primary N) is 1. The van der Waals surface area contributed by atoms with Crippen molar-refractivity contribution in [1.29, 1.82) is 0 Å². The fourth-order valence-electron chi connectivity index (χ4n) is 3.71. The molecule has 1 aliphatic carbocycles. The second-order valence-electron chi connectivity index (χ2n) is 6.64. The van der Waals surface area contributed by atoms with Crippen LogP contribution in [0.1, 0.15) is 65.2 Å². The molecule has 2 aliphatic rings. The van der Waals surface area contributed by atoms with Crippen molar-refractivity contribution in [3.05, 3.63) is 0 Å². The molecule has 0 radical (unpaired) electrons. The fraction of sp³-hybridized carbons (Fsp3) is 1.00. The highest BCUT2D eigenvalue weighted by Gasteiger charge is 2.39. The van der Waals surface area contributed by atoms with Crippen molar-refractivity contribution in [1.82, 2.24) is 0 Å². The van der Waals surface area contributed by atoms with E-state index in [1.165, 1.54) is 51.4 Å². The first-order valence-electron chi connectivity index (χ1n) is 7.51. The summed E-state index contributed by atoms with van der Waals surface area (Å²) in [5.41, 5.74) is 6.60. The van der Waals surface area contributed by atoms with E-state index in [9.17, 15) is 0 Å². The zero-order chi connectivity index (χ0) is 12.3. The monoisotopic (exact) mass is 239 g/mol. The lowest BCUT2D eigenvalue weighted by molar-refractivity contribution is -0.120. The van der Waals surface area contributed by atoms with Gasteiger partial charge in [-0.25, -0.2) is 0 Å². The van der Waals surface area contributed by atoms with Gasteiger partial charge in [0.25, 0.3) is 0 Å². The molecule has 0 aromatic heterocycles. The standard InChI is InChI=1S/C15H29NO/c1-12(2)10-14(16)13-6-9-17-15(11-13)7-4-3-5-8-15/h12-14H,3-11,16H2,1-2H3. The summed E-state index contributed by atoms with van der Waals surface area (Å²) in [6.07, 6.45) is 10.2. The van der Waals surface area contributed by atoms with Gasteiger partial charge in [0.05, 0.1) is 5.60 Å². The van der Waals surface area contributed by atoms with Gasteiger partial charge in [-0.15, -0.1) is 0 Å². The smallest absolute Gasteiger partial charge is 0.0685 e. The van der Waals surface area contributed by atoms with Crippen LogP contribution in [-0.2, 0) is 4.74 Å². The predicted molar refractivity (Wildman–Crippen MR) is 71.9 cm³/mol. The summed E-state index contributed by atoms with van der Waals surface area (Å²) in [5.74, 6) is 1.42. The number of hydrogen-bond acceptors (Lipinski definition) is 2. The summed E-state index contributed by atoms with van der Waals surface area (Å²) in [7, 11) is 0. The maximum absolute atomic E-state index is 6.38. The van der Waals surface area contributed by atoms with E-state index >= 15 is 0 Å². The highest BCUT2D eigenvalue weighted by Crippen LogP contribution is 2.41. The van der Waals surface area contributed by atoms with Crippen molar-refractivity contribution in [2.75, 3.05) is 6.61 Å². The molecule has 2 rings (SSSR count). The first-order chi connectivity index (χ1) is 8.11. The molecular formula is C15H29NO. The van der Waals surface area contributed by atoms with Gasteiger partial charge >= 0.3 is 0 Å². The van der Waals surface area contributed by atoms with E-state index in [1.807, 2.05) is 0 Å². The first-order valence-corrected chi connectivity index (χ1v) is 7.51. The maximum atomic E-state index is 6.38. The average molecular weight is 239 g/mol. The van der Waals surface area contributed by atoms with E-state index in [0.717, 1.165) is 12.5 Å². The minimum absolute atomic E-state index is 0.218. The molecule has 0 aromatic carbocycles. The molecule has 2 atom stereocenters. The van der Waals surface area contributed by atoms with Crippen LogP contribution in [0.5, 0.6) is 0 Å². The molecule has 2 heteroatoms. The lowest BCUT2D eigenvalue weighted by atomic mass is 9.73. The Morgan fingerprint density at radius 3 is 2.59 bits per heavy atom. The molecule has 1 saturated heterocycles. The molecule has 2 nitrogen and oxygen atoms in total. The summed E-state index contributed by atoms with van der Waals surface area (Å²) in [6, 6.07) is 0.387. The van der Waals surface area contributed by atoms with Crippen LogP contribution in [0.4, 0.5) is 0 Å². The van der Waals surface area contributed by atoms with E-state index in [0.29, 0.717) is 12.0 Å². The maximum Gasteiger partial charge on any atom is 0.0685 e. The van der Waals surface area contributed by atoms with Gasteiger partial charge in [0.15, 0.2) is 0 Å². The Labute approximate surface area is 106 Å². The van der Waals surface area contributed by atoms with Crippen LogP contribution < -0.4 is 5.73 Å². The quantitative estimate of drug-likeness (QED) is 0.818. The summed E-state index contributed by atoms with van der Waals surface area (Å²) in [4.78, 5) is 0. The molecule has 2 fully saturated rings. The minimum atomic E-state index is 0.218. The number of ether oxygens (including phenoxy) is 1. The summed E-state index contributed by atoms with van der Waals surface area (Å²) >= 11 is 0. The summed E-state index contributed by atoms with van der Waals surface area (Å²) in [5, 5.41) is 0. The van der Waals surface area contributed by atoms with Gasteiger partial charge in [0, 0.05) is 12.6 Å². The Balaban J connectivity index is 1.91. The van der Waals surface area contributed by atoms with Gasteiger partial charge in [0.1, 0.15) is 0 Å². The highest BCUT2D eigenvalue weighted by atomic mass is 16.5. The zero-order valence-electron chi connectivity index (χ0n) is 11.6.